The summed E-state index contributed by atoms with van der Waals surface area (Å²) in [5.41, 5.74) is 0.827. The number of anilines is 1. The number of rotatable bonds is 2. The van der Waals surface area contributed by atoms with Gasteiger partial charge >= 0.3 is 0 Å². The highest BCUT2D eigenvalue weighted by Crippen LogP contribution is 2.20. The molecule has 0 spiro atoms. The van der Waals surface area contributed by atoms with E-state index in [4.69, 9.17) is 0 Å². The second-order valence-electron chi connectivity index (χ2n) is 4.22. The molecule has 6 heteroatoms. The van der Waals surface area contributed by atoms with Crippen LogP contribution in [0.15, 0.2) is 42.6 Å². The van der Waals surface area contributed by atoms with E-state index in [1.807, 2.05) is 0 Å². The minimum absolute atomic E-state index is 0.199. The zero-order valence-corrected chi connectivity index (χ0v) is 10.2. The predicted molar refractivity (Wildman–Crippen MR) is 70.4 cm³/mol. The standard InChI is InChI=1S/C14H9F2N3O/c15-8-4-5-11(16)13(6-8)18-14(20)9-2-1-3-12-10(9)7-17-19-12/h1-7H,(H,17,19)(H,18,20). The third-order valence-electron chi connectivity index (χ3n) is 2.91. The van der Waals surface area contributed by atoms with Crippen LogP contribution in [0.3, 0.4) is 0 Å². The van der Waals surface area contributed by atoms with E-state index in [2.05, 4.69) is 15.5 Å². The summed E-state index contributed by atoms with van der Waals surface area (Å²) < 4.78 is 26.6. The van der Waals surface area contributed by atoms with Gasteiger partial charge in [0.05, 0.1) is 23.0 Å². The fourth-order valence-electron chi connectivity index (χ4n) is 1.95. The van der Waals surface area contributed by atoms with Crippen LogP contribution in [-0.4, -0.2) is 16.1 Å². The molecule has 3 rings (SSSR count). The first-order valence-electron chi connectivity index (χ1n) is 5.83. The van der Waals surface area contributed by atoms with Gasteiger partial charge in [0.15, 0.2) is 0 Å². The van der Waals surface area contributed by atoms with Gasteiger partial charge in [-0.05, 0) is 24.3 Å². The molecular weight excluding hydrogens is 264 g/mol. The molecule has 4 nitrogen and oxygen atoms in total. The highest BCUT2D eigenvalue weighted by molar-refractivity contribution is 6.12. The van der Waals surface area contributed by atoms with E-state index in [-0.39, 0.29) is 5.69 Å². The molecule has 0 bridgehead atoms. The first-order valence-corrected chi connectivity index (χ1v) is 5.83. The van der Waals surface area contributed by atoms with Gasteiger partial charge in [0.2, 0.25) is 0 Å². The number of aromatic nitrogens is 2. The van der Waals surface area contributed by atoms with Crippen molar-refractivity contribution in [1.29, 1.82) is 0 Å². The minimum atomic E-state index is -0.695. The van der Waals surface area contributed by atoms with Crippen LogP contribution in [0.25, 0.3) is 10.9 Å². The molecule has 0 aliphatic heterocycles. The van der Waals surface area contributed by atoms with Gasteiger partial charge in [0, 0.05) is 11.5 Å². The Hall–Kier alpha value is -2.76. The number of H-pyrrole nitrogens is 1. The Bertz CT molecular complexity index is 798. The average molecular weight is 273 g/mol. The number of amides is 1. The van der Waals surface area contributed by atoms with Crippen molar-refractivity contribution in [2.45, 2.75) is 0 Å². The number of fused-ring (bicyclic) bond motifs is 1. The molecule has 0 saturated heterocycles. The Balaban J connectivity index is 1.97. The van der Waals surface area contributed by atoms with E-state index in [0.29, 0.717) is 16.5 Å². The van der Waals surface area contributed by atoms with Crippen LogP contribution < -0.4 is 5.32 Å². The third-order valence-corrected chi connectivity index (χ3v) is 2.91. The lowest BCUT2D eigenvalue weighted by Crippen LogP contribution is -2.13. The van der Waals surface area contributed by atoms with Crippen LogP contribution in [0, 0.1) is 11.6 Å². The topological polar surface area (TPSA) is 57.8 Å². The number of hydrogen-bond donors (Lipinski definition) is 2. The summed E-state index contributed by atoms with van der Waals surface area (Å²) in [6.07, 6.45) is 1.51. The first kappa shape index (κ1) is 12.3. The van der Waals surface area contributed by atoms with E-state index >= 15 is 0 Å². The highest BCUT2D eigenvalue weighted by atomic mass is 19.1. The normalized spacial score (nSPS) is 10.7. The number of nitrogens with zero attached hydrogens (tertiary/aromatic N) is 1. The number of benzene rings is 2. The molecule has 20 heavy (non-hydrogen) atoms. The van der Waals surface area contributed by atoms with Gasteiger partial charge < -0.3 is 5.32 Å². The Labute approximate surface area is 112 Å². The summed E-state index contributed by atoms with van der Waals surface area (Å²) in [7, 11) is 0. The largest absolute Gasteiger partial charge is 0.319 e. The van der Waals surface area contributed by atoms with Crippen LogP contribution in [0.1, 0.15) is 10.4 Å². The predicted octanol–water partition coefficient (Wildman–Crippen LogP) is 3.09. The maximum atomic E-state index is 13.5. The fourth-order valence-corrected chi connectivity index (χ4v) is 1.95. The molecular formula is C14H9F2N3O. The average Bonchev–Trinajstić information content (AvgIpc) is 2.91. The summed E-state index contributed by atoms with van der Waals surface area (Å²) in [5, 5.41) is 9.55. The van der Waals surface area contributed by atoms with Crippen molar-refractivity contribution in [3.8, 4) is 0 Å². The number of hydrogen-bond acceptors (Lipinski definition) is 2. The number of carbonyl (C=O) groups excluding carboxylic acids is 1. The van der Waals surface area contributed by atoms with Crippen LogP contribution >= 0.6 is 0 Å². The molecule has 1 heterocycles. The molecule has 0 fully saturated rings. The van der Waals surface area contributed by atoms with Gasteiger partial charge in [0.1, 0.15) is 11.6 Å². The molecule has 3 aromatic rings. The Morgan fingerprint density at radius 2 is 2.05 bits per heavy atom. The van der Waals surface area contributed by atoms with Gasteiger partial charge in [-0.15, -0.1) is 0 Å². The maximum absolute atomic E-state index is 13.5. The van der Waals surface area contributed by atoms with Gasteiger partial charge in [-0.2, -0.15) is 5.10 Å². The molecule has 1 amide bonds. The number of carbonyl (C=O) groups is 1. The van der Waals surface area contributed by atoms with Gasteiger partial charge in [-0.25, -0.2) is 8.78 Å². The molecule has 0 atom stereocenters. The van der Waals surface area contributed by atoms with Gasteiger partial charge in [-0.3, -0.25) is 9.89 Å². The molecule has 0 saturated carbocycles. The lowest BCUT2D eigenvalue weighted by atomic mass is 10.1. The van der Waals surface area contributed by atoms with E-state index in [1.54, 1.807) is 18.2 Å². The summed E-state index contributed by atoms with van der Waals surface area (Å²) in [6.45, 7) is 0. The van der Waals surface area contributed by atoms with E-state index < -0.39 is 17.5 Å². The monoisotopic (exact) mass is 273 g/mol. The van der Waals surface area contributed by atoms with Crippen LogP contribution in [0.4, 0.5) is 14.5 Å². The van der Waals surface area contributed by atoms with Crippen molar-refractivity contribution in [1.82, 2.24) is 10.2 Å². The molecule has 0 aliphatic rings. The van der Waals surface area contributed by atoms with Gasteiger partial charge in [0.25, 0.3) is 5.91 Å². The van der Waals surface area contributed by atoms with Crippen molar-refractivity contribution in [3.05, 3.63) is 59.8 Å². The van der Waals surface area contributed by atoms with Crippen LogP contribution in [-0.2, 0) is 0 Å². The van der Waals surface area contributed by atoms with Gasteiger partial charge in [-0.1, -0.05) is 6.07 Å². The lowest BCUT2D eigenvalue weighted by molar-refractivity contribution is 0.102. The SMILES string of the molecule is O=C(Nc1cc(F)ccc1F)c1cccc2[nH]ncc12. The van der Waals surface area contributed by atoms with Crippen LogP contribution in [0.5, 0.6) is 0 Å². The molecule has 0 unspecified atom stereocenters. The quantitative estimate of drug-likeness (QED) is 0.753. The van der Waals surface area contributed by atoms with Crippen LogP contribution in [0.2, 0.25) is 0 Å². The van der Waals surface area contributed by atoms with E-state index in [1.165, 1.54) is 6.20 Å². The lowest BCUT2D eigenvalue weighted by Gasteiger charge is -2.07. The zero-order chi connectivity index (χ0) is 14.1. The summed E-state index contributed by atoms with van der Waals surface area (Å²) in [4.78, 5) is 12.1. The molecule has 2 N–H and O–H groups in total. The first-order chi connectivity index (χ1) is 9.65. The second-order valence-corrected chi connectivity index (χ2v) is 4.22. The van der Waals surface area contributed by atoms with Crippen molar-refractivity contribution in [2.75, 3.05) is 5.32 Å². The summed E-state index contributed by atoms with van der Waals surface area (Å²) >= 11 is 0. The number of nitrogens with one attached hydrogen (secondary N) is 2. The molecule has 100 valence electrons. The minimum Gasteiger partial charge on any atom is -0.319 e. The second kappa shape index (κ2) is 4.73. The Morgan fingerprint density at radius 1 is 1.20 bits per heavy atom. The van der Waals surface area contributed by atoms with Crippen molar-refractivity contribution in [2.24, 2.45) is 0 Å². The fraction of sp³-hybridized carbons (Fsp3) is 0. The maximum Gasteiger partial charge on any atom is 0.256 e. The Kier molecular flexibility index (Phi) is 2.90. The molecule has 2 aromatic carbocycles. The van der Waals surface area contributed by atoms with Crippen molar-refractivity contribution >= 4 is 22.5 Å². The number of aromatic amines is 1. The van der Waals surface area contributed by atoms with Crippen molar-refractivity contribution in [3.63, 3.8) is 0 Å². The molecule has 0 radical (unpaired) electrons. The summed E-state index contributed by atoms with van der Waals surface area (Å²) in [6, 6.07) is 7.91. The highest BCUT2D eigenvalue weighted by Gasteiger charge is 2.13. The Morgan fingerprint density at radius 3 is 2.90 bits per heavy atom. The van der Waals surface area contributed by atoms with E-state index in [0.717, 1.165) is 18.2 Å². The summed E-state index contributed by atoms with van der Waals surface area (Å²) in [5.74, 6) is -1.84. The zero-order valence-electron chi connectivity index (χ0n) is 10.2. The number of halogens is 2. The molecule has 1 aromatic heterocycles. The van der Waals surface area contributed by atoms with E-state index in [9.17, 15) is 13.6 Å². The third kappa shape index (κ3) is 2.11. The van der Waals surface area contributed by atoms with Crippen molar-refractivity contribution < 1.29 is 13.6 Å². The smallest absolute Gasteiger partial charge is 0.256 e. The molecule has 0 aliphatic carbocycles.